The number of hydrogen-bond acceptors (Lipinski definition) is 2. The summed E-state index contributed by atoms with van der Waals surface area (Å²) in [4.78, 5) is 11.3. The Morgan fingerprint density at radius 1 is 1.64 bits per heavy atom. The normalized spacial score (nSPS) is 48.7. The van der Waals surface area contributed by atoms with Gasteiger partial charge in [0, 0.05) is 12.3 Å². The predicted molar refractivity (Wildman–Crippen MR) is 41.2 cm³/mol. The maximum atomic E-state index is 11.3. The van der Waals surface area contributed by atoms with Crippen LogP contribution >= 0.6 is 0 Å². The van der Waals surface area contributed by atoms with E-state index in [2.05, 4.69) is 6.92 Å². The van der Waals surface area contributed by atoms with E-state index in [-0.39, 0.29) is 18.1 Å². The highest BCUT2D eigenvalue weighted by Gasteiger charge is 2.57. The molecule has 0 bridgehead atoms. The lowest BCUT2D eigenvalue weighted by atomic mass is 10.1. The summed E-state index contributed by atoms with van der Waals surface area (Å²) in [7, 11) is 0. The number of hydrogen-bond donors (Lipinski definition) is 0. The summed E-state index contributed by atoms with van der Waals surface area (Å²) in [6, 6.07) is 0. The maximum Gasteiger partial charge on any atom is 0.141 e. The van der Waals surface area contributed by atoms with Gasteiger partial charge in [0.05, 0.1) is 12.2 Å². The number of rotatable bonds is 1. The molecule has 2 rings (SSSR count). The van der Waals surface area contributed by atoms with Crippen molar-refractivity contribution in [3.05, 3.63) is 0 Å². The smallest absolute Gasteiger partial charge is 0.141 e. The molecule has 1 heterocycles. The van der Waals surface area contributed by atoms with Crippen molar-refractivity contribution in [1.82, 2.24) is 0 Å². The Bertz CT molecular complexity index is 188. The van der Waals surface area contributed by atoms with Gasteiger partial charge in [0.15, 0.2) is 0 Å². The van der Waals surface area contributed by atoms with Crippen LogP contribution in [0.1, 0.15) is 26.7 Å². The summed E-state index contributed by atoms with van der Waals surface area (Å²) in [5.74, 6) is 1.25. The topological polar surface area (TPSA) is 26.3 Å². The van der Waals surface area contributed by atoms with Gasteiger partial charge in [-0.05, 0) is 12.8 Å². The van der Waals surface area contributed by atoms with Crippen molar-refractivity contribution in [2.45, 2.75) is 38.9 Å². The van der Waals surface area contributed by atoms with Crippen molar-refractivity contribution < 1.29 is 9.53 Å². The van der Waals surface area contributed by atoms with E-state index in [1.807, 2.05) is 6.92 Å². The fourth-order valence-corrected chi connectivity index (χ4v) is 2.17. The van der Waals surface area contributed by atoms with Crippen molar-refractivity contribution in [3.63, 3.8) is 0 Å². The first-order valence-electron chi connectivity index (χ1n) is 4.42. The van der Waals surface area contributed by atoms with E-state index in [1.165, 1.54) is 0 Å². The standard InChI is InChI=1S/C9H14O2/c1-3-6-8-7(10)4-5(2)11-9(6)8/h5-6,8-9H,3-4H2,1-2H3. The molecule has 0 radical (unpaired) electrons. The zero-order valence-corrected chi connectivity index (χ0v) is 7.04. The van der Waals surface area contributed by atoms with Gasteiger partial charge < -0.3 is 4.74 Å². The summed E-state index contributed by atoms with van der Waals surface area (Å²) >= 11 is 0. The van der Waals surface area contributed by atoms with Crippen LogP contribution in [-0.4, -0.2) is 18.0 Å². The molecule has 0 aromatic rings. The molecule has 1 saturated heterocycles. The summed E-state index contributed by atoms with van der Waals surface area (Å²) < 4.78 is 5.61. The highest BCUT2D eigenvalue weighted by atomic mass is 16.5. The van der Waals surface area contributed by atoms with Crippen LogP contribution in [0.3, 0.4) is 0 Å². The van der Waals surface area contributed by atoms with Crippen LogP contribution in [0, 0.1) is 11.8 Å². The number of ketones is 1. The molecule has 0 aromatic carbocycles. The molecule has 2 nitrogen and oxygen atoms in total. The van der Waals surface area contributed by atoms with Crippen molar-refractivity contribution in [2.75, 3.05) is 0 Å². The van der Waals surface area contributed by atoms with Gasteiger partial charge in [0.25, 0.3) is 0 Å². The average molecular weight is 154 g/mol. The van der Waals surface area contributed by atoms with Crippen LogP contribution in [0.4, 0.5) is 0 Å². The number of ether oxygens (including phenoxy) is 1. The molecule has 0 N–H and O–H groups in total. The van der Waals surface area contributed by atoms with Crippen LogP contribution in [0.25, 0.3) is 0 Å². The van der Waals surface area contributed by atoms with Crippen LogP contribution < -0.4 is 0 Å². The molecule has 62 valence electrons. The van der Waals surface area contributed by atoms with Crippen molar-refractivity contribution in [2.24, 2.45) is 11.8 Å². The van der Waals surface area contributed by atoms with Crippen molar-refractivity contribution >= 4 is 5.78 Å². The molecular formula is C9H14O2. The SMILES string of the molecule is CCC1C2OC(C)CC(=O)C12. The fraction of sp³-hybridized carbons (Fsp3) is 0.889. The number of carbonyl (C=O) groups excluding carboxylic acids is 1. The minimum absolute atomic E-state index is 0.167. The maximum absolute atomic E-state index is 11.3. The molecule has 1 aliphatic carbocycles. The molecule has 4 atom stereocenters. The Kier molecular flexibility index (Phi) is 1.53. The van der Waals surface area contributed by atoms with Gasteiger partial charge in [-0.25, -0.2) is 0 Å². The molecule has 0 amide bonds. The lowest BCUT2D eigenvalue weighted by Crippen LogP contribution is -2.24. The Hall–Kier alpha value is -0.370. The molecular weight excluding hydrogens is 140 g/mol. The molecule has 2 fully saturated rings. The van der Waals surface area contributed by atoms with E-state index in [0.29, 0.717) is 18.1 Å². The van der Waals surface area contributed by atoms with E-state index < -0.39 is 0 Å². The zero-order chi connectivity index (χ0) is 8.01. The fourth-order valence-electron chi connectivity index (χ4n) is 2.17. The summed E-state index contributed by atoms with van der Waals surface area (Å²) in [5.41, 5.74) is 0. The third-order valence-electron chi connectivity index (χ3n) is 2.82. The Balaban J connectivity index is 2.05. The van der Waals surface area contributed by atoms with Gasteiger partial charge >= 0.3 is 0 Å². The summed E-state index contributed by atoms with van der Waals surface area (Å²) in [5, 5.41) is 0. The van der Waals surface area contributed by atoms with E-state index in [0.717, 1.165) is 6.42 Å². The number of Topliss-reactive ketones (excluding diaryl/α,β-unsaturated/α-hetero) is 1. The lowest BCUT2D eigenvalue weighted by Gasteiger charge is -2.16. The lowest BCUT2D eigenvalue weighted by molar-refractivity contribution is -0.128. The monoisotopic (exact) mass is 154 g/mol. The van der Waals surface area contributed by atoms with E-state index >= 15 is 0 Å². The predicted octanol–water partition coefficient (Wildman–Crippen LogP) is 1.39. The highest BCUT2D eigenvalue weighted by molar-refractivity contribution is 5.86. The van der Waals surface area contributed by atoms with Crippen LogP contribution in [-0.2, 0) is 9.53 Å². The first-order chi connectivity index (χ1) is 5.24. The van der Waals surface area contributed by atoms with E-state index in [4.69, 9.17) is 4.74 Å². The number of fused-ring (bicyclic) bond motifs is 1. The van der Waals surface area contributed by atoms with Gasteiger partial charge in [-0.1, -0.05) is 13.3 Å². The second kappa shape index (κ2) is 2.31. The van der Waals surface area contributed by atoms with Crippen LogP contribution in [0.2, 0.25) is 0 Å². The molecule has 4 unspecified atom stereocenters. The van der Waals surface area contributed by atoms with E-state index in [9.17, 15) is 4.79 Å². The van der Waals surface area contributed by atoms with Crippen molar-refractivity contribution in [1.29, 1.82) is 0 Å². The zero-order valence-electron chi connectivity index (χ0n) is 7.04. The van der Waals surface area contributed by atoms with Gasteiger partial charge in [-0.15, -0.1) is 0 Å². The van der Waals surface area contributed by atoms with Crippen LogP contribution in [0.5, 0.6) is 0 Å². The second-order valence-corrected chi connectivity index (χ2v) is 3.68. The minimum atomic E-state index is 0.167. The Labute approximate surface area is 66.9 Å². The van der Waals surface area contributed by atoms with Gasteiger partial charge in [0.1, 0.15) is 5.78 Å². The average Bonchev–Trinajstić information content (AvgIpc) is 2.61. The molecule has 11 heavy (non-hydrogen) atoms. The largest absolute Gasteiger partial charge is 0.374 e. The molecule has 1 saturated carbocycles. The quantitative estimate of drug-likeness (QED) is 0.570. The highest BCUT2D eigenvalue weighted by Crippen LogP contribution is 2.49. The van der Waals surface area contributed by atoms with Gasteiger partial charge in [0.2, 0.25) is 0 Å². The Morgan fingerprint density at radius 2 is 2.36 bits per heavy atom. The van der Waals surface area contributed by atoms with Gasteiger partial charge in [-0.2, -0.15) is 0 Å². The minimum Gasteiger partial charge on any atom is -0.374 e. The van der Waals surface area contributed by atoms with Gasteiger partial charge in [-0.3, -0.25) is 4.79 Å². The molecule has 0 spiro atoms. The third kappa shape index (κ3) is 1.00. The molecule has 2 aliphatic rings. The van der Waals surface area contributed by atoms with Crippen LogP contribution in [0.15, 0.2) is 0 Å². The third-order valence-corrected chi connectivity index (χ3v) is 2.82. The van der Waals surface area contributed by atoms with Crippen molar-refractivity contribution in [3.8, 4) is 0 Å². The molecule has 1 aliphatic heterocycles. The molecule has 0 aromatic heterocycles. The first-order valence-corrected chi connectivity index (χ1v) is 4.42. The Morgan fingerprint density at radius 3 is 3.00 bits per heavy atom. The first kappa shape index (κ1) is 7.29. The van der Waals surface area contributed by atoms with E-state index in [1.54, 1.807) is 0 Å². The second-order valence-electron chi connectivity index (χ2n) is 3.68. The summed E-state index contributed by atoms with van der Waals surface area (Å²) in [6.07, 6.45) is 2.18. The number of carbonyl (C=O) groups is 1. The summed E-state index contributed by atoms with van der Waals surface area (Å²) in [6.45, 7) is 4.11. The molecule has 2 heteroatoms.